The number of nitro groups is 1. The Hall–Kier alpha value is -2.09. The quantitative estimate of drug-likeness (QED) is 0.430. The van der Waals surface area contributed by atoms with Crippen LogP contribution in [0.1, 0.15) is 24.8 Å². The Kier molecular flexibility index (Phi) is 4.95. The number of nitro benzene ring substituents is 1. The van der Waals surface area contributed by atoms with Crippen molar-refractivity contribution in [3.05, 3.63) is 33.9 Å². The molecule has 5 heteroatoms. The molecule has 1 rings (SSSR count). The second kappa shape index (κ2) is 6.48. The molecule has 1 aromatic rings. The molecule has 0 spiro atoms. The fourth-order valence-corrected chi connectivity index (χ4v) is 1.35. The Morgan fingerprint density at radius 3 is 2.88 bits per heavy atom. The number of nitrogens with zero attached hydrogens (tertiary/aromatic N) is 2. The van der Waals surface area contributed by atoms with E-state index < -0.39 is 4.92 Å². The number of ether oxygens (including phenoxy) is 1. The Morgan fingerprint density at radius 1 is 1.47 bits per heavy atom. The van der Waals surface area contributed by atoms with Crippen molar-refractivity contribution >= 4 is 5.69 Å². The molecule has 0 aliphatic rings. The Labute approximate surface area is 99.8 Å². The molecule has 0 aliphatic heterocycles. The number of non-ortho nitro benzene ring substituents is 1. The molecule has 0 atom stereocenters. The summed E-state index contributed by atoms with van der Waals surface area (Å²) in [6.07, 6.45) is 2.07. The van der Waals surface area contributed by atoms with E-state index in [4.69, 9.17) is 10.00 Å². The van der Waals surface area contributed by atoms with Gasteiger partial charge in [-0.3, -0.25) is 10.1 Å². The number of hydrogen-bond acceptors (Lipinski definition) is 4. The second-order valence-corrected chi connectivity index (χ2v) is 3.67. The van der Waals surface area contributed by atoms with E-state index in [9.17, 15) is 10.1 Å². The van der Waals surface area contributed by atoms with Crippen molar-refractivity contribution in [3.8, 4) is 11.8 Å². The fraction of sp³-hybridized carbons (Fsp3) is 0.417. The summed E-state index contributed by atoms with van der Waals surface area (Å²) in [4.78, 5) is 10.2. The van der Waals surface area contributed by atoms with Crippen LogP contribution in [-0.2, 0) is 0 Å². The summed E-state index contributed by atoms with van der Waals surface area (Å²) >= 11 is 0. The summed E-state index contributed by atoms with van der Waals surface area (Å²) < 4.78 is 5.46. The second-order valence-electron chi connectivity index (χ2n) is 3.67. The Bertz CT molecular complexity index is 438. The summed E-state index contributed by atoms with van der Waals surface area (Å²) in [5.74, 6) is 0.538. The van der Waals surface area contributed by atoms with Crippen LogP contribution in [0.25, 0.3) is 0 Å². The first-order chi connectivity index (χ1) is 8.15. The molecule has 0 unspecified atom stereocenters. The molecule has 0 radical (unpaired) electrons. The maximum atomic E-state index is 10.6. The van der Waals surface area contributed by atoms with Crippen LogP contribution in [0, 0.1) is 28.4 Å². The molecular formula is C12H14N2O3. The molecule has 0 aromatic heterocycles. The van der Waals surface area contributed by atoms with Crippen molar-refractivity contribution in [3.63, 3.8) is 0 Å². The monoisotopic (exact) mass is 234 g/mol. The van der Waals surface area contributed by atoms with Gasteiger partial charge in [-0.15, -0.1) is 0 Å². The zero-order valence-electron chi connectivity index (χ0n) is 9.68. The molecule has 1 aromatic carbocycles. The van der Waals surface area contributed by atoms with Crippen molar-refractivity contribution in [2.45, 2.75) is 26.2 Å². The van der Waals surface area contributed by atoms with E-state index in [-0.39, 0.29) is 5.69 Å². The number of aryl methyl sites for hydroxylation is 1. The molecule has 0 fully saturated rings. The van der Waals surface area contributed by atoms with E-state index in [2.05, 4.69) is 6.07 Å². The summed E-state index contributed by atoms with van der Waals surface area (Å²) in [5, 5.41) is 19.0. The SMILES string of the molecule is Cc1ccc([N+](=O)[O-])cc1OCCCCC#N. The molecule has 5 nitrogen and oxygen atoms in total. The minimum absolute atomic E-state index is 0.0302. The number of hydrogen-bond donors (Lipinski definition) is 0. The third-order valence-electron chi connectivity index (χ3n) is 2.32. The molecular weight excluding hydrogens is 220 g/mol. The summed E-state index contributed by atoms with van der Waals surface area (Å²) in [5.41, 5.74) is 0.901. The highest BCUT2D eigenvalue weighted by Crippen LogP contribution is 2.24. The van der Waals surface area contributed by atoms with E-state index >= 15 is 0 Å². The van der Waals surface area contributed by atoms with Gasteiger partial charge in [-0.2, -0.15) is 5.26 Å². The van der Waals surface area contributed by atoms with Gasteiger partial charge in [0.05, 0.1) is 23.7 Å². The predicted octanol–water partition coefficient (Wildman–Crippen LogP) is 2.98. The average Bonchev–Trinajstić information content (AvgIpc) is 2.30. The average molecular weight is 234 g/mol. The third-order valence-corrected chi connectivity index (χ3v) is 2.32. The van der Waals surface area contributed by atoms with E-state index in [1.54, 1.807) is 6.07 Å². The van der Waals surface area contributed by atoms with E-state index in [1.165, 1.54) is 12.1 Å². The number of unbranched alkanes of at least 4 members (excludes halogenated alkanes) is 2. The summed E-state index contributed by atoms with van der Waals surface area (Å²) in [6, 6.07) is 6.61. The van der Waals surface area contributed by atoms with Gasteiger partial charge in [-0.1, -0.05) is 0 Å². The van der Waals surface area contributed by atoms with Gasteiger partial charge in [0.2, 0.25) is 0 Å². The van der Waals surface area contributed by atoms with Gasteiger partial charge in [0.25, 0.3) is 5.69 Å². The van der Waals surface area contributed by atoms with Gasteiger partial charge in [0.1, 0.15) is 5.75 Å². The predicted molar refractivity (Wildman–Crippen MR) is 62.8 cm³/mol. The van der Waals surface area contributed by atoms with E-state index in [0.29, 0.717) is 18.8 Å². The zero-order valence-corrected chi connectivity index (χ0v) is 9.68. The first-order valence-corrected chi connectivity index (χ1v) is 5.40. The molecule has 17 heavy (non-hydrogen) atoms. The fourth-order valence-electron chi connectivity index (χ4n) is 1.35. The van der Waals surface area contributed by atoms with Crippen LogP contribution in [0.2, 0.25) is 0 Å². The maximum absolute atomic E-state index is 10.6. The lowest BCUT2D eigenvalue weighted by Crippen LogP contribution is -1.99. The van der Waals surface area contributed by atoms with E-state index in [1.807, 2.05) is 6.92 Å². The van der Waals surface area contributed by atoms with Crippen molar-refractivity contribution in [1.29, 1.82) is 5.26 Å². The van der Waals surface area contributed by atoms with Crippen LogP contribution < -0.4 is 4.74 Å². The van der Waals surface area contributed by atoms with E-state index in [0.717, 1.165) is 18.4 Å². The van der Waals surface area contributed by atoms with Crippen LogP contribution in [0.4, 0.5) is 5.69 Å². The third kappa shape index (κ3) is 4.11. The van der Waals surface area contributed by atoms with Crippen molar-refractivity contribution in [2.24, 2.45) is 0 Å². The highest BCUT2D eigenvalue weighted by molar-refractivity contribution is 5.43. The van der Waals surface area contributed by atoms with Crippen molar-refractivity contribution in [2.75, 3.05) is 6.61 Å². The number of rotatable bonds is 6. The van der Waals surface area contributed by atoms with Crippen LogP contribution in [-0.4, -0.2) is 11.5 Å². The highest BCUT2D eigenvalue weighted by atomic mass is 16.6. The van der Waals surface area contributed by atoms with Crippen molar-refractivity contribution in [1.82, 2.24) is 0 Å². The van der Waals surface area contributed by atoms with Gasteiger partial charge in [0.15, 0.2) is 0 Å². The first kappa shape index (κ1) is 13.0. The van der Waals surface area contributed by atoms with Crippen LogP contribution >= 0.6 is 0 Å². The van der Waals surface area contributed by atoms with Gasteiger partial charge in [-0.25, -0.2) is 0 Å². The molecule has 0 saturated carbocycles. The first-order valence-electron chi connectivity index (χ1n) is 5.40. The topological polar surface area (TPSA) is 76.2 Å². The maximum Gasteiger partial charge on any atom is 0.273 e. The molecule has 0 saturated heterocycles. The molecule has 0 heterocycles. The lowest BCUT2D eigenvalue weighted by molar-refractivity contribution is -0.384. The summed E-state index contributed by atoms with van der Waals surface area (Å²) in [7, 11) is 0. The normalized spacial score (nSPS) is 9.65. The Morgan fingerprint density at radius 2 is 2.24 bits per heavy atom. The molecule has 90 valence electrons. The lowest BCUT2D eigenvalue weighted by atomic mass is 10.2. The van der Waals surface area contributed by atoms with Gasteiger partial charge < -0.3 is 4.74 Å². The van der Waals surface area contributed by atoms with Gasteiger partial charge in [-0.05, 0) is 31.4 Å². The number of benzene rings is 1. The highest BCUT2D eigenvalue weighted by Gasteiger charge is 2.09. The molecule has 0 N–H and O–H groups in total. The zero-order chi connectivity index (χ0) is 12.7. The lowest BCUT2D eigenvalue weighted by Gasteiger charge is -2.08. The smallest absolute Gasteiger partial charge is 0.273 e. The van der Waals surface area contributed by atoms with Crippen LogP contribution in [0.5, 0.6) is 5.75 Å². The minimum atomic E-state index is -0.442. The van der Waals surface area contributed by atoms with Crippen LogP contribution in [0.15, 0.2) is 18.2 Å². The Balaban J connectivity index is 2.55. The van der Waals surface area contributed by atoms with Gasteiger partial charge in [0, 0.05) is 12.5 Å². The largest absolute Gasteiger partial charge is 0.493 e. The van der Waals surface area contributed by atoms with Crippen LogP contribution in [0.3, 0.4) is 0 Å². The minimum Gasteiger partial charge on any atom is -0.493 e. The summed E-state index contributed by atoms with van der Waals surface area (Å²) in [6.45, 7) is 2.32. The standard InChI is InChI=1S/C12H14N2O3/c1-10-5-6-11(14(15)16)9-12(10)17-8-4-2-3-7-13/h5-6,9H,2-4,8H2,1H3. The molecule has 0 aliphatic carbocycles. The van der Waals surface area contributed by atoms with Crippen molar-refractivity contribution < 1.29 is 9.66 Å². The van der Waals surface area contributed by atoms with Gasteiger partial charge >= 0.3 is 0 Å². The number of nitriles is 1. The molecule has 0 bridgehead atoms. The molecule has 0 amide bonds.